The summed E-state index contributed by atoms with van der Waals surface area (Å²) in [7, 11) is 0. The van der Waals surface area contributed by atoms with E-state index in [4.69, 9.17) is 0 Å². The van der Waals surface area contributed by atoms with Gasteiger partial charge in [0.1, 0.15) is 5.82 Å². The fourth-order valence-corrected chi connectivity index (χ4v) is 2.92. The van der Waals surface area contributed by atoms with Crippen molar-refractivity contribution < 1.29 is 9.18 Å². The fourth-order valence-electron chi connectivity index (χ4n) is 2.48. The Morgan fingerprint density at radius 3 is 2.86 bits per heavy atom. The van der Waals surface area contributed by atoms with Gasteiger partial charge in [0.05, 0.1) is 10.0 Å². The normalized spacial score (nSPS) is 14.5. The van der Waals surface area contributed by atoms with E-state index in [1.807, 2.05) is 24.3 Å². The maximum Gasteiger partial charge on any atom is 0.259 e. The molecule has 1 aliphatic rings. The lowest BCUT2D eigenvalue weighted by atomic mass is 10.1. The number of hydrogen-bond donors (Lipinski definition) is 1. The second-order valence-corrected chi connectivity index (χ2v) is 5.66. The summed E-state index contributed by atoms with van der Waals surface area (Å²) in [5.74, 6) is -0.625. The summed E-state index contributed by atoms with van der Waals surface area (Å²) in [5.41, 5.74) is 2.28. The topological polar surface area (TPSA) is 32.3 Å². The van der Waals surface area contributed by atoms with E-state index in [0.29, 0.717) is 18.7 Å². The van der Waals surface area contributed by atoms with Gasteiger partial charge in [-0.05, 0) is 39.7 Å². The lowest BCUT2D eigenvalue weighted by molar-refractivity contribution is 0.0986. The highest BCUT2D eigenvalue weighted by atomic mass is 79.9. The molecule has 1 amide bonds. The molecule has 2 aromatic carbocycles. The number of fused-ring (bicyclic) bond motifs is 1. The third kappa shape index (κ3) is 2.71. The number of nitrogens with zero attached hydrogens (tertiary/aromatic N) is 1. The van der Waals surface area contributed by atoms with Gasteiger partial charge in [-0.1, -0.05) is 24.3 Å². The zero-order chi connectivity index (χ0) is 14.8. The van der Waals surface area contributed by atoms with Gasteiger partial charge in [-0.2, -0.15) is 0 Å². The molecule has 0 spiro atoms. The minimum absolute atomic E-state index is 0.197. The van der Waals surface area contributed by atoms with Crippen molar-refractivity contribution in [2.24, 2.45) is 0 Å². The molecule has 0 saturated carbocycles. The van der Waals surface area contributed by atoms with Crippen LogP contribution in [0.3, 0.4) is 0 Å². The van der Waals surface area contributed by atoms with Crippen molar-refractivity contribution in [3.05, 3.63) is 63.9 Å². The van der Waals surface area contributed by atoms with Crippen LogP contribution < -0.4 is 10.2 Å². The van der Waals surface area contributed by atoms with E-state index in [1.165, 1.54) is 6.07 Å². The van der Waals surface area contributed by atoms with Gasteiger partial charge in [0.25, 0.3) is 5.91 Å². The first kappa shape index (κ1) is 14.2. The van der Waals surface area contributed by atoms with E-state index in [0.717, 1.165) is 17.8 Å². The molecule has 108 valence electrons. The summed E-state index contributed by atoms with van der Waals surface area (Å²) in [6.07, 6.45) is 0. The zero-order valence-electron chi connectivity index (χ0n) is 11.3. The summed E-state index contributed by atoms with van der Waals surface area (Å²) in [5, 5.41) is 3.29. The number of halogens is 2. The van der Waals surface area contributed by atoms with Crippen LogP contribution in [0, 0.1) is 5.82 Å². The number of rotatable bonds is 1. The molecule has 2 aromatic rings. The number of amides is 1. The molecule has 0 aliphatic carbocycles. The van der Waals surface area contributed by atoms with Gasteiger partial charge in [-0.25, -0.2) is 4.39 Å². The summed E-state index contributed by atoms with van der Waals surface area (Å²) in [4.78, 5) is 14.5. The number of benzene rings is 2. The Bertz CT molecular complexity index is 690. The van der Waals surface area contributed by atoms with Crippen molar-refractivity contribution in [2.75, 3.05) is 18.0 Å². The van der Waals surface area contributed by atoms with Crippen LogP contribution in [0.15, 0.2) is 46.9 Å². The SMILES string of the molecule is O=C(c1cccc(F)c1Br)N1CCNCc2ccccc21. The van der Waals surface area contributed by atoms with E-state index in [2.05, 4.69) is 21.2 Å². The molecule has 0 saturated heterocycles. The molecule has 0 fully saturated rings. The molecule has 0 atom stereocenters. The number of nitrogens with one attached hydrogen (secondary N) is 1. The summed E-state index contributed by atoms with van der Waals surface area (Å²) < 4.78 is 13.9. The fraction of sp³-hybridized carbons (Fsp3) is 0.188. The zero-order valence-corrected chi connectivity index (χ0v) is 12.9. The number of hydrogen-bond acceptors (Lipinski definition) is 2. The molecule has 1 heterocycles. The van der Waals surface area contributed by atoms with Gasteiger partial charge in [0, 0.05) is 25.3 Å². The number of anilines is 1. The average Bonchev–Trinajstić information content (AvgIpc) is 2.72. The predicted molar refractivity (Wildman–Crippen MR) is 83.9 cm³/mol. The van der Waals surface area contributed by atoms with Crippen molar-refractivity contribution in [1.82, 2.24) is 5.32 Å². The Morgan fingerprint density at radius 2 is 2.00 bits per heavy atom. The highest BCUT2D eigenvalue weighted by Gasteiger charge is 2.24. The Hall–Kier alpha value is -1.72. The molecule has 21 heavy (non-hydrogen) atoms. The van der Waals surface area contributed by atoms with Crippen LogP contribution in [0.25, 0.3) is 0 Å². The van der Waals surface area contributed by atoms with Crippen LogP contribution in [0.5, 0.6) is 0 Å². The number of carbonyl (C=O) groups excluding carboxylic acids is 1. The predicted octanol–water partition coefficient (Wildman–Crippen LogP) is 3.34. The highest BCUT2D eigenvalue weighted by molar-refractivity contribution is 9.10. The first-order valence-electron chi connectivity index (χ1n) is 6.73. The van der Waals surface area contributed by atoms with E-state index in [9.17, 15) is 9.18 Å². The van der Waals surface area contributed by atoms with Gasteiger partial charge >= 0.3 is 0 Å². The van der Waals surface area contributed by atoms with Gasteiger partial charge in [0.2, 0.25) is 0 Å². The van der Waals surface area contributed by atoms with Crippen LogP contribution in [-0.2, 0) is 6.54 Å². The van der Waals surface area contributed by atoms with Crippen LogP contribution in [-0.4, -0.2) is 19.0 Å². The van der Waals surface area contributed by atoms with Crippen molar-refractivity contribution in [3.8, 4) is 0 Å². The maximum atomic E-state index is 13.7. The largest absolute Gasteiger partial charge is 0.311 e. The lowest BCUT2D eigenvalue weighted by Gasteiger charge is -2.23. The van der Waals surface area contributed by atoms with Gasteiger partial charge in [-0.3, -0.25) is 4.79 Å². The molecule has 1 aliphatic heterocycles. The minimum Gasteiger partial charge on any atom is -0.311 e. The summed E-state index contributed by atoms with van der Waals surface area (Å²) in [6, 6.07) is 12.3. The van der Waals surface area contributed by atoms with E-state index < -0.39 is 5.82 Å². The quantitative estimate of drug-likeness (QED) is 0.857. The van der Waals surface area contributed by atoms with E-state index >= 15 is 0 Å². The highest BCUT2D eigenvalue weighted by Crippen LogP contribution is 2.27. The average molecular weight is 349 g/mol. The Kier molecular flexibility index (Phi) is 4.03. The second kappa shape index (κ2) is 5.95. The first-order valence-corrected chi connectivity index (χ1v) is 7.52. The molecule has 0 bridgehead atoms. The van der Waals surface area contributed by atoms with Gasteiger partial charge < -0.3 is 10.2 Å². The van der Waals surface area contributed by atoms with Crippen LogP contribution in [0.1, 0.15) is 15.9 Å². The van der Waals surface area contributed by atoms with Gasteiger partial charge in [-0.15, -0.1) is 0 Å². The van der Waals surface area contributed by atoms with Crippen molar-refractivity contribution >= 4 is 27.5 Å². The Labute approximate surface area is 130 Å². The molecule has 0 radical (unpaired) electrons. The second-order valence-electron chi connectivity index (χ2n) is 4.86. The monoisotopic (exact) mass is 348 g/mol. The number of para-hydroxylation sites is 1. The first-order chi connectivity index (χ1) is 10.2. The minimum atomic E-state index is -0.429. The molecule has 5 heteroatoms. The third-order valence-electron chi connectivity index (χ3n) is 3.54. The Morgan fingerprint density at radius 1 is 1.19 bits per heavy atom. The molecular formula is C16H14BrFN2O. The number of carbonyl (C=O) groups is 1. The third-order valence-corrected chi connectivity index (χ3v) is 4.34. The molecule has 3 nitrogen and oxygen atoms in total. The molecule has 0 unspecified atom stereocenters. The standard InChI is InChI=1S/C16H14BrFN2O/c17-15-12(5-3-6-13(15)18)16(21)20-9-8-19-10-11-4-1-2-7-14(11)20/h1-7,19H,8-10H2. The summed E-state index contributed by atoms with van der Waals surface area (Å²) >= 11 is 3.17. The van der Waals surface area contributed by atoms with Crippen molar-refractivity contribution in [1.29, 1.82) is 0 Å². The molecule has 1 N–H and O–H groups in total. The van der Waals surface area contributed by atoms with Crippen LogP contribution >= 0.6 is 15.9 Å². The lowest BCUT2D eigenvalue weighted by Crippen LogP contribution is -2.35. The van der Waals surface area contributed by atoms with Crippen LogP contribution in [0.4, 0.5) is 10.1 Å². The molecular weight excluding hydrogens is 335 g/mol. The van der Waals surface area contributed by atoms with Crippen LogP contribution in [0.2, 0.25) is 0 Å². The Balaban J connectivity index is 2.03. The smallest absolute Gasteiger partial charge is 0.259 e. The van der Waals surface area contributed by atoms with E-state index in [-0.39, 0.29) is 10.4 Å². The van der Waals surface area contributed by atoms with Crippen molar-refractivity contribution in [3.63, 3.8) is 0 Å². The summed E-state index contributed by atoms with van der Waals surface area (Å²) in [6.45, 7) is 1.98. The molecule has 3 rings (SSSR count). The molecule has 0 aromatic heterocycles. The van der Waals surface area contributed by atoms with E-state index in [1.54, 1.807) is 17.0 Å². The van der Waals surface area contributed by atoms with Crippen molar-refractivity contribution in [2.45, 2.75) is 6.54 Å². The maximum absolute atomic E-state index is 13.7. The van der Waals surface area contributed by atoms with Gasteiger partial charge in [0.15, 0.2) is 0 Å².